The molecule has 0 heterocycles. The monoisotopic (exact) mass is 366 g/mol. The van der Waals surface area contributed by atoms with Gasteiger partial charge in [-0.15, -0.1) is 0 Å². The van der Waals surface area contributed by atoms with Gasteiger partial charge in [0.1, 0.15) is 12.1 Å². The number of aliphatic carboxylic acids is 1. The fraction of sp³-hybridized carbons (Fsp3) is 0.667. The van der Waals surface area contributed by atoms with Crippen LogP contribution in [0.25, 0.3) is 0 Å². The van der Waals surface area contributed by atoms with Gasteiger partial charge in [-0.2, -0.15) is 0 Å². The van der Waals surface area contributed by atoms with Crippen molar-refractivity contribution in [2.75, 3.05) is 7.11 Å². The summed E-state index contributed by atoms with van der Waals surface area (Å²) in [6.07, 6.45) is 14.3. The maximum Gasteiger partial charge on any atom is 0.303 e. The minimum absolute atomic E-state index is 0.0260. The van der Waals surface area contributed by atoms with Crippen molar-refractivity contribution in [3.8, 4) is 0 Å². The van der Waals surface area contributed by atoms with Crippen molar-refractivity contribution in [2.45, 2.75) is 71.3 Å². The molecule has 0 aliphatic heterocycles. The highest BCUT2D eigenvalue weighted by Gasteiger charge is 2.22. The lowest BCUT2D eigenvalue weighted by Gasteiger charge is -2.17. The van der Waals surface area contributed by atoms with Crippen LogP contribution in [0, 0.1) is 11.8 Å². The molecule has 26 heavy (non-hydrogen) atoms. The minimum atomic E-state index is -0.808. The quantitative estimate of drug-likeness (QED) is 0.249. The summed E-state index contributed by atoms with van der Waals surface area (Å²) < 4.78 is 5.43. The molecule has 0 bridgehead atoms. The first-order valence-corrected chi connectivity index (χ1v) is 9.49. The number of ketones is 1. The molecule has 0 rings (SSSR count). The Hall–Kier alpha value is -1.75. The third-order valence-electron chi connectivity index (χ3n) is 4.40. The molecule has 0 aliphatic carbocycles. The molecule has 5 nitrogen and oxygen atoms in total. The number of rotatable bonds is 16. The highest BCUT2D eigenvalue weighted by Crippen LogP contribution is 2.19. The van der Waals surface area contributed by atoms with E-state index in [1.807, 2.05) is 18.2 Å². The standard InChI is InChI=1S/C21H34O5/c1-4-5-8-11-19(26-3)15-14-18(16-22)20(17(2)23)12-9-6-7-10-13-21(24)25/h6,9,14-16,18-20H,4-5,7-8,10-13H2,1-3H3,(H,24,25)/b9-6-,15-14+. The van der Waals surface area contributed by atoms with E-state index in [-0.39, 0.29) is 18.3 Å². The van der Waals surface area contributed by atoms with E-state index in [4.69, 9.17) is 9.84 Å². The predicted octanol–water partition coefficient (Wildman–Crippen LogP) is 4.36. The Morgan fingerprint density at radius 2 is 1.85 bits per heavy atom. The third-order valence-corrected chi connectivity index (χ3v) is 4.40. The smallest absolute Gasteiger partial charge is 0.303 e. The maximum atomic E-state index is 11.9. The number of ether oxygens (including phenoxy) is 1. The zero-order valence-electron chi connectivity index (χ0n) is 16.4. The summed E-state index contributed by atoms with van der Waals surface area (Å²) in [5.74, 6) is -1.70. The number of allylic oxidation sites excluding steroid dienone is 3. The van der Waals surface area contributed by atoms with Crippen LogP contribution in [0.4, 0.5) is 0 Å². The molecule has 5 heteroatoms. The zero-order valence-corrected chi connectivity index (χ0v) is 16.4. The lowest BCUT2D eigenvalue weighted by Crippen LogP contribution is -2.21. The molecule has 0 amide bonds. The molecule has 0 saturated carbocycles. The zero-order chi connectivity index (χ0) is 19.8. The lowest BCUT2D eigenvalue weighted by molar-refractivity contribution is -0.137. The van der Waals surface area contributed by atoms with Crippen LogP contribution in [0.15, 0.2) is 24.3 Å². The molecule has 0 aromatic rings. The van der Waals surface area contributed by atoms with Gasteiger partial charge in [0.25, 0.3) is 0 Å². The largest absolute Gasteiger partial charge is 0.481 e. The van der Waals surface area contributed by atoms with Crippen LogP contribution >= 0.6 is 0 Å². The highest BCUT2D eigenvalue weighted by atomic mass is 16.5. The minimum Gasteiger partial charge on any atom is -0.481 e. The van der Waals surface area contributed by atoms with Gasteiger partial charge in [-0.05, 0) is 32.6 Å². The molecular weight excluding hydrogens is 332 g/mol. The second kappa shape index (κ2) is 15.5. The van der Waals surface area contributed by atoms with Crippen molar-refractivity contribution in [2.24, 2.45) is 11.8 Å². The van der Waals surface area contributed by atoms with Gasteiger partial charge in [0.2, 0.25) is 0 Å². The van der Waals surface area contributed by atoms with Gasteiger partial charge >= 0.3 is 5.97 Å². The van der Waals surface area contributed by atoms with Gasteiger partial charge in [0.15, 0.2) is 0 Å². The Morgan fingerprint density at radius 3 is 2.38 bits per heavy atom. The van der Waals surface area contributed by atoms with Crippen LogP contribution in [0.1, 0.15) is 65.2 Å². The number of carbonyl (C=O) groups is 3. The molecule has 0 spiro atoms. The molecule has 0 aliphatic rings. The number of unbranched alkanes of at least 4 members (excludes halogenated alkanes) is 3. The second-order valence-electron chi connectivity index (χ2n) is 6.58. The van der Waals surface area contributed by atoms with Gasteiger partial charge in [-0.1, -0.05) is 50.5 Å². The van der Waals surface area contributed by atoms with E-state index in [1.165, 1.54) is 6.92 Å². The molecule has 148 valence electrons. The topological polar surface area (TPSA) is 80.7 Å². The van der Waals surface area contributed by atoms with Crippen LogP contribution in [0.2, 0.25) is 0 Å². The fourth-order valence-electron chi connectivity index (χ4n) is 2.74. The Kier molecular flexibility index (Phi) is 14.5. The highest BCUT2D eigenvalue weighted by molar-refractivity contribution is 5.82. The molecule has 0 aromatic heterocycles. The Bertz CT molecular complexity index is 467. The Morgan fingerprint density at radius 1 is 1.12 bits per heavy atom. The normalized spacial score (nSPS) is 15.2. The second-order valence-corrected chi connectivity index (χ2v) is 6.58. The van der Waals surface area contributed by atoms with E-state index in [0.717, 1.165) is 32.0 Å². The van der Waals surface area contributed by atoms with Crippen molar-refractivity contribution in [3.05, 3.63) is 24.3 Å². The van der Waals surface area contributed by atoms with Crippen molar-refractivity contribution in [3.63, 3.8) is 0 Å². The lowest BCUT2D eigenvalue weighted by atomic mass is 9.86. The summed E-state index contributed by atoms with van der Waals surface area (Å²) in [5, 5.41) is 8.60. The maximum absolute atomic E-state index is 11.9. The van der Waals surface area contributed by atoms with Gasteiger partial charge in [-0.3, -0.25) is 9.59 Å². The molecule has 3 unspecified atom stereocenters. The van der Waals surface area contributed by atoms with Crippen LogP contribution in [0.3, 0.4) is 0 Å². The number of methoxy groups -OCH3 is 1. The van der Waals surface area contributed by atoms with E-state index in [1.54, 1.807) is 13.2 Å². The van der Waals surface area contributed by atoms with E-state index in [9.17, 15) is 14.4 Å². The van der Waals surface area contributed by atoms with Gasteiger partial charge in [0.05, 0.1) is 6.10 Å². The van der Waals surface area contributed by atoms with E-state index >= 15 is 0 Å². The van der Waals surface area contributed by atoms with Crippen LogP contribution in [-0.4, -0.2) is 36.4 Å². The van der Waals surface area contributed by atoms with E-state index < -0.39 is 17.8 Å². The molecule has 3 atom stereocenters. The molecule has 1 N–H and O–H groups in total. The molecule has 0 aromatic carbocycles. The SMILES string of the molecule is CCCCCC(/C=C/C(C=O)C(C/C=C\CCCC(=O)O)C(C)=O)OC. The first kappa shape index (κ1) is 24.2. The van der Waals surface area contributed by atoms with Crippen LogP contribution in [0.5, 0.6) is 0 Å². The number of hydrogen-bond acceptors (Lipinski definition) is 4. The third kappa shape index (κ3) is 11.7. The summed E-state index contributed by atoms with van der Waals surface area (Å²) in [4.78, 5) is 33.9. The number of Topliss-reactive ketones (excluding diaryl/α,β-unsaturated/α-hetero) is 1. The number of hydrogen-bond donors (Lipinski definition) is 1. The van der Waals surface area contributed by atoms with Crippen LogP contribution < -0.4 is 0 Å². The molecule has 0 saturated heterocycles. The first-order chi connectivity index (χ1) is 12.5. The van der Waals surface area contributed by atoms with Crippen molar-refractivity contribution in [1.82, 2.24) is 0 Å². The van der Waals surface area contributed by atoms with E-state index in [0.29, 0.717) is 19.3 Å². The van der Waals surface area contributed by atoms with Crippen LogP contribution in [-0.2, 0) is 19.1 Å². The Balaban J connectivity index is 4.67. The molecule has 0 fully saturated rings. The summed E-state index contributed by atoms with van der Waals surface area (Å²) in [6, 6.07) is 0. The summed E-state index contributed by atoms with van der Waals surface area (Å²) in [7, 11) is 1.65. The number of carboxylic acids is 1. The average molecular weight is 366 g/mol. The van der Waals surface area contributed by atoms with Gasteiger partial charge in [-0.25, -0.2) is 0 Å². The first-order valence-electron chi connectivity index (χ1n) is 9.49. The van der Waals surface area contributed by atoms with E-state index in [2.05, 4.69) is 6.92 Å². The number of carboxylic acid groups (broad SMARTS) is 1. The predicted molar refractivity (Wildman–Crippen MR) is 103 cm³/mol. The molecular formula is C21H34O5. The van der Waals surface area contributed by atoms with Gasteiger partial charge < -0.3 is 14.6 Å². The molecule has 0 radical (unpaired) electrons. The van der Waals surface area contributed by atoms with Crippen molar-refractivity contribution < 1.29 is 24.2 Å². The summed E-state index contributed by atoms with van der Waals surface area (Å²) >= 11 is 0. The van der Waals surface area contributed by atoms with Gasteiger partial charge in [0, 0.05) is 25.4 Å². The van der Waals surface area contributed by atoms with Crippen molar-refractivity contribution >= 4 is 18.0 Å². The summed E-state index contributed by atoms with van der Waals surface area (Å²) in [5.41, 5.74) is 0. The Labute approximate surface area is 157 Å². The number of carbonyl (C=O) groups excluding carboxylic acids is 2. The number of aldehydes is 1. The van der Waals surface area contributed by atoms with Crippen molar-refractivity contribution in [1.29, 1.82) is 0 Å². The fourth-order valence-corrected chi connectivity index (χ4v) is 2.74. The average Bonchev–Trinajstić information content (AvgIpc) is 2.60. The summed E-state index contributed by atoms with van der Waals surface area (Å²) in [6.45, 7) is 3.65.